The summed E-state index contributed by atoms with van der Waals surface area (Å²) in [5.41, 5.74) is 0. The first-order chi connectivity index (χ1) is 10.2. The van der Waals surface area contributed by atoms with Crippen LogP contribution in [0.15, 0.2) is 36.7 Å². The highest BCUT2D eigenvalue weighted by atomic mass is 16.5. The van der Waals surface area contributed by atoms with Crippen molar-refractivity contribution in [1.29, 1.82) is 0 Å². The minimum absolute atomic E-state index is 0.0579. The molecule has 0 saturated heterocycles. The predicted octanol–water partition coefficient (Wildman–Crippen LogP) is 3.06. The van der Waals surface area contributed by atoms with Gasteiger partial charge in [-0.1, -0.05) is 0 Å². The third-order valence-corrected chi connectivity index (χ3v) is 4.00. The van der Waals surface area contributed by atoms with E-state index in [1.807, 2.05) is 24.4 Å². The van der Waals surface area contributed by atoms with Crippen LogP contribution in [-0.2, 0) is 4.79 Å². The van der Waals surface area contributed by atoms with Crippen molar-refractivity contribution < 1.29 is 9.53 Å². The molecular weight excluding hydrogens is 264 g/mol. The Morgan fingerprint density at radius 3 is 2.76 bits per heavy atom. The summed E-state index contributed by atoms with van der Waals surface area (Å²) in [7, 11) is 0. The number of aromatic nitrogens is 1. The van der Waals surface area contributed by atoms with E-state index in [9.17, 15) is 4.79 Å². The van der Waals surface area contributed by atoms with Crippen molar-refractivity contribution in [3.63, 3.8) is 0 Å². The van der Waals surface area contributed by atoms with Gasteiger partial charge in [0.1, 0.15) is 5.75 Å². The van der Waals surface area contributed by atoms with Gasteiger partial charge in [-0.3, -0.25) is 9.78 Å². The molecule has 1 aromatic heterocycles. The summed E-state index contributed by atoms with van der Waals surface area (Å²) >= 11 is 0. The van der Waals surface area contributed by atoms with Gasteiger partial charge in [0.2, 0.25) is 5.91 Å². The summed E-state index contributed by atoms with van der Waals surface area (Å²) in [4.78, 5) is 15.2. The number of hydrogen-bond donors (Lipinski definition) is 1. The SMILES string of the molecule is CC(=O)NC1CCC(Oc2ccc3cnccc3c2)CC1. The predicted molar refractivity (Wildman–Crippen MR) is 82.2 cm³/mol. The number of carbonyl (C=O) groups excluding carboxylic acids is 1. The van der Waals surface area contributed by atoms with Crippen LogP contribution < -0.4 is 10.1 Å². The van der Waals surface area contributed by atoms with Crippen LogP contribution in [0.25, 0.3) is 10.8 Å². The standard InChI is InChI=1S/C17H20N2O2/c1-12(20)19-15-3-6-16(7-4-15)21-17-5-2-14-11-18-9-8-13(14)10-17/h2,5,8-11,15-16H,3-4,6-7H2,1H3,(H,19,20). The van der Waals surface area contributed by atoms with E-state index in [-0.39, 0.29) is 12.0 Å². The maximum atomic E-state index is 11.1. The molecule has 1 saturated carbocycles. The van der Waals surface area contributed by atoms with Crippen LogP contribution >= 0.6 is 0 Å². The second kappa shape index (κ2) is 6.12. The summed E-state index contributed by atoms with van der Waals surface area (Å²) in [6.45, 7) is 1.58. The maximum absolute atomic E-state index is 11.1. The normalized spacial score (nSPS) is 22.0. The van der Waals surface area contributed by atoms with Gasteiger partial charge in [-0.2, -0.15) is 0 Å². The topological polar surface area (TPSA) is 51.2 Å². The Morgan fingerprint density at radius 1 is 1.19 bits per heavy atom. The van der Waals surface area contributed by atoms with Gasteiger partial charge in [-0.15, -0.1) is 0 Å². The number of carbonyl (C=O) groups is 1. The van der Waals surface area contributed by atoms with Gasteiger partial charge in [-0.05, 0) is 55.3 Å². The van der Waals surface area contributed by atoms with Crippen molar-refractivity contribution in [3.8, 4) is 5.75 Å². The molecule has 0 radical (unpaired) electrons. The molecule has 2 aromatic rings. The van der Waals surface area contributed by atoms with Crippen LogP contribution in [0.3, 0.4) is 0 Å². The summed E-state index contributed by atoms with van der Waals surface area (Å²) in [6, 6.07) is 8.42. The van der Waals surface area contributed by atoms with Crippen molar-refractivity contribution in [3.05, 3.63) is 36.7 Å². The molecule has 4 nitrogen and oxygen atoms in total. The van der Waals surface area contributed by atoms with E-state index in [0.29, 0.717) is 6.04 Å². The van der Waals surface area contributed by atoms with Gasteiger partial charge in [0, 0.05) is 30.7 Å². The summed E-state index contributed by atoms with van der Waals surface area (Å²) < 4.78 is 6.08. The first-order valence-electron chi connectivity index (χ1n) is 7.48. The second-order valence-electron chi connectivity index (χ2n) is 5.68. The summed E-state index contributed by atoms with van der Waals surface area (Å²) in [5, 5.41) is 5.26. The van der Waals surface area contributed by atoms with E-state index < -0.39 is 0 Å². The summed E-state index contributed by atoms with van der Waals surface area (Å²) in [5.74, 6) is 0.971. The van der Waals surface area contributed by atoms with E-state index in [1.54, 1.807) is 13.1 Å². The quantitative estimate of drug-likeness (QED) is 0.942. The fraction of sp³-hybridized carbons (Fsp3) is 0.412. The molecule has 4 heteroatoms. The lowest BCUT2D eigenvalue weighted by Crippen LogP contribution is -2.38. The molecule has 1 heterocycles. The molecule has 110 valence electrons. The fourth-order valence-electron chi connectivity index (χ4n) is 2.94. The molecular formula is C17H20N2O2. The molecule has 0 unspecified atom stereocenters. The Hall–Kier alpha value is -2.10. The fourth-order valence-corrected chi connectivity index (χ4v) is 2.94. The molecule has 0 bridgehead atoms. The number of ether oxygens (including phenoxy) is 1. The van der Waals surface area contributed by atoms with Crippen molar-refractivity contribution >= 4 is 16.7 Å². The Labute approximate surface area is 124 Å². The van der Waals surface area contributed by atoms with E-state index in [2.05, 4.69) is 16.4 Å². The van der Waals surface area contributed by atoms with Gasteiger partial charge in [0.25, 0.3) is 0 Å². The number of pyridine rings is 1. The molecule has 1 aromatic carbocycles. The highest BCUT2D eigenvalue weighted by Gasteiger charge is 2.22. The van der Waals surface area contributed by atoms with Gasteiger partial charge < -0.3 is 10.1 Å². The number of rotatable bonds is 3. The van der Waals surface area contributed by atoms with Crippen LogP contribution in [0.1, 0.15) is 32.6 Å². The smallest absolute Gasteiger partial charge is 0.217 e. The second-order valence-corrected chi connectivity index (χ2v) is 5.68. The lowest BCUT2D eigenvalue weighted by atomic mass is 9.93. The molecule has 1 aliphatic carbocycles. The Kier molecular flexibility index (Phi) is 4.04. The van der Waals surface area contributed by atoms with Crippen LogP contribution in [0.2, 0.25) is 0 Å². The average molecular weight is 284 g/mol. The largest absolute Gasteiger partial charge is 0.490 e. The Bertz CT molecular complexity index is 633. The van der Waals surface area contributed by atoms with Gasteiger partial charge >= 0.3 is 0 Å². The number of amides is 1. The molecule has 21 heavy (non-hydrogen) atoms. The minimum Gasteiger partial charge on any atom is -0.490 e. The van der Waals surface area contributed by atoms with Crippen molar-refractivity contribution in [2.45, 2.75) is 44.8 Å². The number of hydrogen-bond acceptors (Lipinski definition) is 3. The van der Waals surface area contributed by atoms with Crippen LogP contribution in [-0.4, -0.2) is 23.0 Å². The molecule has 1 aliphatic rings. The molecule has 3 rings (SSSR count). The van der Waals surface area contributed by atoms with E-state index in [0.717, 1.165) is 42.2 Å². The lowest BCUT2D eigenvalue weighted by molar-refractivity contribution is -0.120. The zero-order chi connectivity index (χ0) is 14.7. The average Bonchev–Trinajstić information content (AvgIpc) is 2.49. The number of nitrogens with one attached hydrogen (secondary N) is 1. The maximum Gasteiger partial charge on any atom is 0.217 e. The monoisotopic (exact) mass is 284 g/mol. The molecule has 1 fully saturated rings. The van der Waals surface area contributed by atoms with Gasteiger partial charge in [0.05, 0.1) is 6.10 Å². The third-order valence-electron chi connectivity index (χ3n) is 4.00. The van der Waals surface area contributed by atoms with Gasteiger partial charge in [-0.25, -0.2) is 0 Å². The Morgan fingerprint density at radius 2 is 2.00 bits per heavy atom. The van der Waals surface area contributed by atoms with Gasteiger partial charge in [0.15, 0.2) is 0 Å². The van der Waals surface area contributed by atoms with Crippen molar-refractivity contribution in [1.82, 2.24) is 10.3 Å². The third kappa shape index (κ3) is 3.51. The van der Waals surface area contributed by atoms with Crippen LogP contribution in [0, 0.1) is 0 Å². The molecule has 0 aliphatic heterocycles. The molecule has 0 atom stereocenters. The number of benzene rings is 1. The molecule has 1 N–H and O–H groups in total. The Balaban J connectivity index is 1.60. The number of fused-ring (bicyclic) bond motifs is 1. The van der Waals surface area contributed by atoms with Crippen LogP contribution in [0.4, 0.5) is 0 Å². The van der Waals surface area contributed by atoms with Crippen molar-refractivity contribution in [2.75, 3.05) is 0 Å². The molecule has 1 amide bonds. The highest BCUT2D eigenvalue weighted by molar-refractivity contribution is 5.82. The van der Waals surface area contributed by atoms with E-state index >= 15 is 0 Å². The highest BCUT2D eigenvalue weighted by Crippen LogP contribution is 2.26. The first kappa shape index (κ1) is 13.9. The van der Waals surface area contributed by atoms with E-state index in [1.165, 1.54) is 0 Å². The minimum atomic E-state index is 0.0579. The summed E-state index contributed by atoms with van der Waals surface area (Å²) in [6.07, 6.45) is 7.85. The van der Waals surface area contributed by atoms with Crippen LogP contribution in [0.5, 0.6) is 5.75 Å². The number of nitrogens with zero attached hydrogens (tertiary/aromatic N) is 1. The molecule has 0 spiro atoms. The zero-order valence-electron chi connectivity index (χ0n) is 12.2. The van der Waals surface area contributed by atoms with E-state index in [4.69, 9.17) is 4.74 Å². The zero-order valence-corrected chi connectivity index (χ0v) is 12.2. The lowest BCUT2D eigenvalue weighted by Gasteiger charge is -2.29. The van der Waals surface area contributed by atoms with Crippen molar-refractivity contribution in [2.24, 2.45) is 0 Å². The first-order valence-corrected chi connectivity index (χ1v) is 7.48.